The van der Waals surface area contributed by atoms with E-state index in [0.29, 0.717) is 6.54 Å². The molecule has 0 radical (unpaired) electrons. The van der Waals surface area contributed by atoms with Gasteiger partial charge in [0.15, 0.2) is 10.8 Å². The molecule has 0 aromatic carbocycles. The van der Waals surface area contributed by atoms with Crippen LogP contribution >= 0.6 is 11.3 Å². The Bertz CT molecular complexity index is 643. The average molecular weight is 302 g/mol. The van der Waals surface area contributed by atoms with Crippen molar-refractivity contribution in [2.24, 2.45) is 5.92 Å². The highest BCUT2D eigenvalue weighted by Crippen LogP contribution is 2.28. The van der Waals surface area contributed by atoms with Crippen molar-refractivity contribution < 1.29 is 9.21 Å². The third-order valence-corrected chi connectivity index (χ3v) is 4.86. The minimum absolute atomic E-state index is 0.118. The van der Waals surface area contributed by atoms with E-state index in [4.69, 9.17) is 4.42 Å². The van der Waals surface area contributed by atoms with Gasteiger partial charge in [0.05, 0.1) is 18.5 Å². The summed E-state index contributed by atoms with van der Waals surface area (Å²) < 4.78 is 5.36. The first-order valence-electron chi connectivity index (χ1n) is 7.17. The van der Waals surface area contributed by atoms with E-state index in [2.05, 4.69) is 22.5 Å². The Morgan fingerprint density at radius 2 is 2.43 bits per heavy atom. The van der Waals surface area contributed by atoms with Gasteiger partial charge < -0.3 is 9.73 Å². The minimum atomic E-state index is 0.118. The monoisotopic (exact) mass is 302 g/mol. The molecule has 2 aromatic heterocycles. The lowest BCUT2D eigenvalue weighted by Crippen LogP contribution is -2.30. The highest BCUT2D eigenvalue weighted by atomic mass is 32.1. The van der Waals surface area contributed by atoms with Gasteiger partial charge in [0.25, 0.3) is 0 Å². The maximum absolute atomic E-state index is 12.1. The molecule has 1 aliphatic rings. The topological polar surface area (TPSA) is 55.1 Å². The molecule has 110 valence electrons. The second-order valence-electron chi connectivity index (χ2n) is 5.20. The van der Waals surface area contributed by atoms with Gasteiger partial charge in [-0.2, -0.15) is 0 Å². The number of thiazole rings is 1. The molecule has 2 heterocycles. The first-order valence-corrected chi connectivity index (χ1v) is 7.98. The number of nitrogens with zero attached hydrogens (tertiary/aromatic N) is 1. The van der Waals surface area contributed by atoms with E-state index in [-0.39, 0.29) is 11.8 Å². The molecule has 1 atom stereocenters. The van der Waals surface area contributed by atoms with Crippen LogP contribution in [0.4, 0.5) is 0 Å². The minimum Gasteiger partial charge on any atom is -0.462 e. The van der Waals surface area contributed by atoms with Crippen molar-refractivity contribution in [3.63, 3.8) is 0 Å². The Morgan fingerprint density at radius 3 is 3.14 bits per heavy atom. The molecule has 21 heavy (non-hydrogen) atoms. The molecule has 0 saturated heterocycles. The van der Waals surface area contributed by atoms with Gasteiger partial charge in [-0.15, -0.1) is 11.3 Å². The Kier molecular flexibility index (Phi) is 4.20. The average Bonchev–Trinajstić information content (AvgIpc) is 3.15. The lowest BCUT2D eigenvalue weighted by atomic mass is 9.94. The van der Waals surface area contributed by atoms with E-state index in [1.807, 2.05) is 19.1 Å². The van der Waals surface area contributed by atoms with E-state index in [1.165, 1.54) is 0 Å². The Morgan fingerprint density at radius 1 is 1.52 bits per heavy atom. The molecule has 0 spiro atoms. The number of rotatable bonds is 4. The Balaban J connectivity index is 1.63. The van der Waals surface area contributed by atoms with Crippen LogP contribution in [0.3, 0.4) is 0 Å². The van der Waals surface area contributed by atoms with E-state index in [9.17, 15) is 4.79 Å². The molecule has 4 nitrogen and oxygen atoms in total. The SMILES string of the molecule is Cc1nc(-c2ccco2)sc1CNC(=O)C1CC=CCC1. The number of hydrogen-bond acceptors (Lipinski definition) is 4. The number of aryl methyl sites for hydroxylation is 1. The highest BCUT2D eigenvalue weighted by Gasteiger charge is 2.19. The van der Waals surface area contributed by atoms with Crippen molar-refractivity contribution in [3.8, 4) is 10.8 Å². The van der Waals surface area contributed by atoms with Gasteiger partial charge >= 0.3 is 0 Å². The number of amides is 1. The lowest BCUT2D eigenvalue weighted by Gasteiger charge is -2.16. The first kappa shape index (κ1) is 14.1. The van der Waals surface area contributed by atoms with Crippen molar-refractivity contribution in [1.82, 2.24) is 10.3 Å². The molecule has 0 saturated carbocycles. The van der Waals surface area contributed by atoms with Crippen molar-refractivity contribution in [2.45, 2.75) is 32.7 Å². The van der Waals surface area contributed by atoms with Gasteiger partial charge in [-0.05, 0) is 38.3 Å². The molecule has 3 rings (SSSR count). The molecular weight excluding hydrogens is 284 g/mol. The van der Waals surface area contributed by atoms with Crippen LogP contribution in [0.5, 0.6) is 0 Å². The third-order valence-electron chi connectivity index (χ3n) is 3.69. The van der Waals surface area contributed by atoms with Crippen LogP contribution < -0.4 is 5.32 Å². The molecule has 0 bridgehead atoms. The van der Waals surface area contributed by atoms with Crippen molar-refractivity contribution >= 4 is 17.2 Å². The molecule has 1 amide bonds. The zero-order valence-electron chi connectivity index (χ0n) is 12.0. The fraction of sp³-hybridized carbons (Fsp3) is 0.375. The van der Waals surface area contributed by atoms with E-state index < -0.39 is 0 Å². The molecule has 1 unspecified atom stereocenters. The fourth-order valence-corrected chi connectivity index (χ4v) is 3.41. The van der Waals surface area contributed by atoms with E-state index >= 15 is 0 Å². The van der Waals surface area contributed by atoms with Gasteiger partial charge in [-0.25, -0.2) is 4.98 Å². The van der Waals surface area contributed by atoms with Crippen LogP contribution in [0.1, 0.15) is 29.8 Å². The van der Waals surface area contributed by atoms with Gasteiger partial charge in [0.1, 0.15) is 0 Å². The standard InChI is InChI=1S/C16H18N2O2S/c1-11-14(21-16(18-11)13-8-5-9-20-13)10-17-15(19)12-6-3-2-4-7-12/h2-3,5,8-9,12H,4,6-7,10H2,1H3,(H,17,19). The summed E-state index contributed by atoms with van der Waals surface area (Å²) in [7, 11) is 0. The molecule has 0 fully saturated rings. The van der Waals surface area contributed by atoms with E-state index in [0.717, 1.165) is 40.6 Å². The molecule has 1 aliphatic carbocycles. The van der Waals surface area contributed by atoms with Crippen molar-refractivity contribution in [3.05, 3.63) is 41.1 Å². The highest BCUT2D eigenvalue weighted by molar-refractivity contribution is 7.15. The molecular formula is C16H18N2O2S. The van der Waals surface area contributed by atoms with Crippen LogP contribution in [0.15, 0.2) is 35.0 Å². The number of carbonyl (C=O) groups is 1. The number of nitrogens with one attached hydrogen (secondary N) is 1. The second-order valence-corrected chi connectivity index (χ2v) is 6.29. The maximum atomic E-state index is 12.1. The zero-order valence-corrected chi connectivity index (χ0v) is 12.8. The normalized spacial score (nSPS) is 17.9. The van der Waals surface area contributed by atoms with Crippen LogP contribution in [0, 0.1) is 12.8 Å². The third kappa shape index (κ3) is 3.24. The van der Waals surface area contributed by atoms with Crippen molar-refractivity contribution in [2.75, 3.05) is 0 Å². The number of hydrogen-bond donors (Lipinski definition) is 1. The molecule has 1 N–H and O–H groups in total. The Labute approximate surface area is 127 Å². The second kappa shape index (κ2) is 6.26. The van der Waals surface area contributed by atoms with Gasteiger partial charge in [0, 0.05) is 10.8 Å². The summed E-state index contributed by atoms with van der Waals surface area (Å²) in [6.07, 6.45) is 8.69. The van der Waals surface area contributed by atoms with Crippen LogP contribution in [-0.2, 0) is 11.3 Å². The summed E-state index contributed by atoms with van der Waals surface area (Å²) >= 11 is 1.57. The van der Waals surface area contributed by atoms with Crippen LogP contribution in [0.25, 0.3) is 10.8 Å². The summed E-state index contributed by atoms with van der Waals surface area (Å²) in [5.74, 6) is 1.04. The predicted molar refractivity (Wildman–Crippen MR) is 82.9 cm³/mol. The zero-order chi connectivity index (χ0) is 14.7. The maximum Gasteiger partial charge on any atom is 0.223 e. The van der Waals surface area contributed by atoms with Crippen LogP contribution in [-0.4, -0.2) is 10.9 Å². The first-order chi connectivity index (χ1) is 10.2. The Hall–Kier alpha value is -1.88. The summed E-state index contributed by atoms with van der Waals surface area (Å²) in [6.45, 7) is 2.51. The fourth-order valence-electron chi connectivity index (χ4n) is 2.44. The van der Waals surface area contributed by atoms with Crippen molar-refractivity contribution in [1.29, 1.82) is 0 Å². The van der Waals surface area contributed by atoms with Gasteiger partial charge in [-0.3, -0.25) is 4.79 Å². The smallest absolute Gasteiger partial charge is 0.223 e. The summed E-state index contributed by atoms with van der Waals surface area (Å²) in [5, 5.41) is 3.90. The molecule has 2 aromatic rings. The summed E-state index contributed by atoms with van der Waals surface area (Å²) in [4.78, 5) is 17.7. The van der Waals surface area contributed by atoms with E-state index in [1.54, 1.807) is 17.6 Å². The molecule has 0 aliphatic heterocycles. The van der Waals surface area contributed by atoms with Gasteiger partial charge in [-0.1, -0.05) is 12.2 Å². The number of aromatic nitrogens is 1. The number of furan rings is 1. The van der Waals surface area contributed by atoms with Gasteiger partial charge in [0.2, 0.25) is 5.91 Å². The number of allylic oxidation sites excluding steroid dienone is 2. The summed E-state index contributed by atoms with van der Waals surface area (Å²) in [6, 6.07) is 3.75. The summed E-state index contributed by atoms with van der Waals surface area (Å²) in [5.41, 5.74) is 0.954. The lowest BCUT2D eigenvalue weighted by molar-refractivity contribution is -0.125. The quantitative estimate of drug-likeness (QED) is 0.876. The molecule has 5 heteroatoms. The van der Waals surface area contributed by atoms with Crippen LogP contribution in [0.2, 0.25) is 0 Å². The predicted octanol–water partition coefficient (Wildman–Crippen LogP) is 3.68. The number of carbonyl (C=O) groups excluding carboxylic acids is 1. The largest absolute Gasteiger partial charge is 0.462 e.